The molecule has 0 saturated carbocycles. The number of nitrogens with two attached hydrogens (primary N) is 1. The van der Waals surface area contributed by atoms with Crippen LogP contribution in [0.2, 0.25) is 5.02 Å². The monoisotopic (exact) mass is 169 g/mol. The van der Waals surface area contributed by atoms with E-state index >= 15 is 0 Å². The highest BCUT2D eigenvalue weighted by atomic mass is 35.5. The average Bonchev–Trinajstić information content (AvgIpc) is 2.04. The molecule has 0 fully saturated rings. The second kappa shape index (κ2) is 3.74. The molecule has 11 heavy (non-hydrogen) atoms. The van der Waals surface area contributed by atoms with Crippen molar-refractivity contribution in [3.63, 3.8) is 0 Å². The number of benzene rings is 1. The Kier molecular flexibility index (Phi) is 2.92. The summed E-state index contributed by atoms with van der Waals surface area (Å²) in [5.41, 5.74) is 6.85. The number of halogens is 1. The average molecular weight is 170 g/mol. The normalized spacial score (nSPS) is 13.0. The summed E-state index contributed by atoms with van der Waals surface area (Å²) in [5, 5.41) is 0.766. The summed E-state index contributed by atoms with van der Waals surface area (Å²) in [7, 11) is 0. The topological polar surface area (TPSA) is 26.0 Å². The van der Waals surface area contributed by atoms with Crippen LogP contribution in [-0.4, -0.2) is 0 Å². The zero-order valence-corrected chi connectivity index (χ0v) is 7.31. The van der Waals surface area contributed by atoms with E-state index in [1.165, 1.54) is 0 Å². The van der Waals surface area contributed by atoms with E-state index in [0.717, 1.165) is 17.0 Å². The van der Waals surface area contributed by atoms with Gasteiger partial charge in [0.15, 0.2) is 0 Å². The van der Waals surface area contributed by atoms with Crippen molar-refractivity contribution in [2.45, 2.75) is 19.4 Å². The first-order valence-corrected chi connectivity index (χ1v) is 4.13. The lowest BCUT2D eigenvalue weighted by molar-refractivity contribution is 0.699. The molecule has 0 aliphatic heterocycles. The van der Waals surface area contributed by atoms with E-state index < -0.39 is 0 Å². The summed E-state index contributed by atoms with van der Waals surface area (Å²) in [6, 6.07) is 7.78. The van der Waals surface area contributed by atoms with Gasteiger partial charge >= 0.3 is 0 Å². The van der Waals surface area contributed by atoms with Crippen molar-refractivity contribution in [1.82, 2.24) is 0 Å². The second-order valence-corrected chi connectivity index (χ2v) is 2.94. The molecule has 0 unspecified atom stereocenters. The minimum absolute atomic E-state index is 0.0729. The highest BCUT2D eigenvalue weighted by molar-refractivity contribution is 6.31. The number of hydrogen-bond acceptors (Lipinski definition) is 1. The van der Waals surface area contributed by atoms with Crippen molar-refractivity contribution >= 4 is 11.6 Å². The lowest BCUT2D eigenvalue weighted by atomic mass is 10.1. The van der Waals surface area contributed by atoms with Crippen LogP contribution in [0, 0.1) is 0 Å². The van der Waals surface area contributed by atoms with Gasteiger partial charge in [-0.2, -0.15) is 0 Å². The predicted octanol–water partition coefficient (Wildman–Crippen LogP) is 2.75. The van der Waals surface area contributed by atoms with Crippen molar-refractivity contribution in [2.75, 3.05) is 0 Å². The van der Waals surface area contributed by atoms with Gasteiger partial charge in [-0.05, 0) is 18.1 Å². The molecule has 1 aromatic carbocycles. The summed E-state index contributed by atoms with van der Waals surface area (Å²) in [6.07, 6.45) is 0.920. The molecule has 0 bridgehead atoms. The van der Waals surface area contributed by atoms with E-state index in [9.17, 15) is 0 Å². The molecule has 1 aromatic rings. The molecule has 2 heteroatoms. The molecular weight excluding hydrogens is 158 g/mol. The lowest BCUT2D eigenvalue weighted by Gasteiger charge is -2.09. The molecular formula is C9H12ClN. The smallest absolute Gasteiger partial charge is 0.0453 e. The highest BCUT2D eigenvalue weighted by Crippen LogP contribution is 2.22. The van der Waals surface area contributed by atoms with Crippen molar-refractivity contribution < 1.29 is 0 Å². The molecule has 0 saturated heterocycles. The Labute approximate surface area is 72.2 Å². The van der Waals surface area contributed by atoms with Crippen molar-refractivity contribution in [3.05, 3.63) is 34.9 Å². The van der Waals surface area contributed by atoms with Crippen LogP contribution in [0.3, 0.4) is 0 Å². The Morgan fingerprint density at radius 3 is 2.64 bits per heavy atom. The first kappa shape index (κ1) is 8.57. The van der Waals surface area contributed by atoms with E-state index in [-0.39, 0.29) is 6.04 Å². The van der Waals surface area contributed by atoms with Gasteiger partial charge in [-0.3, -0.25) is 0 Å². The van der Waals surface area contributed by atoms with E-state index in [0.29, 0.717) is 0 Å². The summed E-state index contributed by atoms with van der Waals surface area (Å²) >= 11 is 5.92. The van der Waals surface area contributed by atoms with Crippen LogP contribution in [0.4, 0.5) is 0 Å². The van der Waals surface area contributed by atoms with Crippen LogP contribution < -0.4 is 5.73 Å². The predicted molar refractivity (Wildman–Crippen MR) is 48.7 cm³/mol. The largest absolute Gasteiger partial charge is 0.324 e. The Bertz CT molecular complexity index is 235. The van der Waals surface area contributed by atoms with Gasteiger partial charge in [0.25, 0.3) is 0 Å². The van der Waals surface area contributed by atoms with Gasteiger partial charge in [0.05, 0.1) is 0 Å². The Balaban J connectivity index is 2.93. The third kappa shape index (κ3) is 1.95. The summed E-state index contributed by atoms with van der Waals surface area (Å²) in [4.78, 5) is 0. The Morgan fingerprint density at radius 1 is 1.45 bits per heavy atom. The summed E-state index contributed by atoms with van der Waals surface area (Å²) in [5.74, 6) is 0. The zero-order chi connectivity index (χ0) is 8.27. The standard InChI is InChI=1S/C9H12ClN/c1-2-9(11)7-5-3-4-6-8(7)10/h3-6,9H,2,11H2,1H3/t9-/m1/s1. The molecule has 0 aliphatic carbocycles. The van der Waals surface area contributed by atoms with Gasteiger partial charge in [-0.25, -0.2) is 0 Å². The van der Waals surface area contributed by atoms with E-state index in [2.05, 4.69) is 0 Å². The second-order valence-electron chi connectivity index (χ2n) is 2.54. The van der Waals surface area contributed by atoms with Gasteiger partial charge < -0.3 is 5.73 Å². The minimum Gasteiger partial charge on any atom is -0.324 e. The van der Waals surface area contributed by atoms with Gasteiger partial charge in [0, 0.05) is 11.1 Å². The molecule has 2 N–H and O–H groups in total. The van der Waals surface area contributed by atoms with Crippen molar-refractivity contribution in [1.29, 1.82) is 0 Å². The molecule has 0 amide bonds. The fourth-order valence-electron chi connectivity index (χ4n) is 0.996. The molecule has 60 valence electrons. The van der Waals surface area contributed by atoms with E-state index in [4.69, 9.17) is 17.3 Å². The third-order valence-corrected chi connectivity index (χ3v) is 2.09. The molecule has 0 spiro atoms. The SMILES string of the molecule is CC[C@@H](N)c1ccccc1Cl. The highest BCUT2D eigenvalue weighted by Gasteiger charge is 2.05. The van der Waals surface area contributed by atoms with Crippen LogP contribution in [0.15, 0.2) is 24.3 Å². The maximum atomic E-state index is 5.92. The first-order chi connectivity index (χ1) is 5.25. The van der Waals surface area contributed by atoms with Crippen molar-refractivity contribution in [2.24, 2.45) is 5.73 Å². The molecule has 0 aliphatic rings. The maximum Gasteiger partial charge on any atom is 0.0453 e. The Hall–Kier alpha value is -0.530. The van der Waals surface area contributed by atoms with Gasteiger partial charge in [0.1, 0.15) is 0 Å². The van der Waals surface area contributed by atoms with Crippen LogP contribution in [0.5, 0.6) is 0 Å². The van der Waals surface area contributed by atoms with E-state index in [1.807, 2.05) is 31.2 Å². The molecule has 1 nitrogen and oxygen atoms in total. The van der Waals surface area contributed by atoms with Crippen LogP contribution >= 0.6 is 11.6 Å². The quantitative estimate of drug-likeness (QED) is 0.724. The molecule has 1 atom stereocenters. The molecule has 0 heterocycles. The zero-order valence-electron chi connectivity index (χ0n) is 6.55. The van der Waals surface area contributed by atoms with Crippen molar-refractivity contribution in [3.8, 4) is 0 Å². The number of hydrogen-bond donors (Lipinski definition) is 1. The molecule has 1 rings (SSSR count). The summed E-state index contributed by atoms with van der Waals surface area (Å²) < 4.78 is 0. The minimum atomic E-state index is 0.0729. The molecule has 0 aromatic heterocycles. The fraction of sp³-hybridized carbons (Fsp3) is 0.333. The maximum absolute atomic E-state index is 5.92. The van der Waals surface area contributed by atoms with Crippen LogP contribution in [0.25, 0.3) is 0 Å². The van der Waals surface area contributed by atoms with Crippen LogP contribution in [0.1, 0.15) is 24.9 Å². The van der Waals surface area contributed by atoms with Crippen LogP contribution in [-0.2, 0) is 0 Å². The third-order valence-electron chi connectivity index (χ3n) is 1.74. The Morgan fingerprint density at radius 2 is 2.09 bits per heavy atom. The molecule has 0 radical (unpaired) electrons. The first-order valence-electron chi connectivity index (χ1n) is 3.75. The summed E-state index contributed by atoms with van der Waals surface area (Å²) in [6.45, 7) is 2.05. The lowest BCUT2D eigenvalue weighted by Crippen LogP contribution is -2.08. The van der Waals surface area contributed by atoms with E-state index in [1.54, 1.807) is 0 Å². The fourth-order valence-corrected chi connectivity index (χ4v) is 1.27. The van der Waals surface area contributed by atoms with Gasteiger partial charge in [0.2, 0.25) is 0 Å². The van der Waals surface area contributed by atoms with Gasteiger partial charge in [-0.15, -0.1) is 0 Å². The van der Waals surface area contributed by atoms with Gasteiger partial charge in [-0.1, -0.05) is 36.7 Å². The number of rotatable bonds is 2.